The van der Waals surface area contributed by atoms with Crippen molar-refractivity contribution >= 4 is 29.1 Å². The molecular formula is C23H24ClN5O. The molecule has 7 heteroatoms. The van der Waals surface area contributed by atoms with Crippen LogP contribution in [-0.4, -0.2) is 41.5 Å². The van der Waals surface area contributed by atoms with E-state index in [1.807, 2.05) is 68.4 Å². The van der Waals surface area contributed by atoms with Gasteiger partial charge in [0, 0.05) is 48.9 Å². The zero-order valence-electron chi connectivity index (χ0n) is 17.3. The maximum absolute atomic E-state index is 12.9. The number of hydrogen-bond acceptors (Lipinski definition) is 4. The quantitative estimate of drug-likeness (QED) is 0.662. The molecule has 0 radical (unpaired) electrons. The van der Waals surface area contributed by atoms with Crippen molar-refractivity contribution in [3.8, 4) is 11.4 Å². The summed E-state index contributed by atoms with van der Waals surface area (Å²) in [5, 5.41) is 3.58. The molecule has 4 rings (SSSR count). The summed E-state index contributed by atoms with van der Waals surface area (Å²) in [6.07, 6.45) is 0.681. The topological polar surface area (TPSA) is 61.4 Å². The Hall–Kier alpha value is -3.12. The van der Waals surface area contributed by atoms with Crippen molar-refractivity contribution in [2.75, 3.05) is 30.9 Å². The summed E-state index contributed by atoms with van der Waals surface area (Å²) in [6, 6.07) is 15.3. The Morgan fingerprint density at radius 1 is 1.13 bits per heavy atom. The van der Waals surface area contributed by atoms with Gasteiger partial charge in [-0.15, -0.1) is 0 Å². The van der Waals surface area contributed by atoms with Gasteiger partial charge < -0.3 is 15.1 Å². The molecule has 3 aromatic rings. The van der Waals surface area contributed by atoms with Gasteiger partial charge in [-0.2, -0.15) is 0 Å². The second-order valence-corrected chi connectivity index (χ2v) is 8.03. The lowest BCUT2D eigenvalue weighted by molar-refractivity contribution is 0.206. The molecule has 0 saturated carbocycles. The Morgan fingerprint density at radius 3 is 2.60 bits per heavy atom. The molecule has 1 aliphatic rings. The lowest BCUT2D eigenvalue weighted by atomic mass is 10.1. The summed E-state index contributed by atoms with van der Waals surface area (Å²) in [4.78, 5) is 26.2. The standard InChI is InChI=1S/C23H24ClN5O/c1-15-9-10-17(13-19(15)24)25-23(30)29-12-11-20-18(14-29)22(28(2)3)27-21(26-20)16-7-5-4-6-8-16/h4-10,13H,11-12,14H2,1-3H3,(H,25,30). The molecule has 1 aromatic heterocycles. The van der Waals surface area contributed by atoms with Crippen LogP contribution in [0.1, 0.15) is 16.8 Å². The van der Waals surface area contributed by atoms with Gasteiger partial charge in [-0.3, -0.25) is 0 Å². The summed E-state index contributed by atoms with van der Waals surface area (Å²) in [5.74, 6) is 1.56. The minimum Gasteiger partial charge on any atom is -0.362 e. The predicted molar refractivity (Wildman–Crippen MR) is 121 cm³/mol. The van der Waals surface area contributed by atoms with E-state index in [0.29, 0.717) is 36.0 Å². The first-order chi connectivity index (χ1) is 14.4. The highest BCUT2D eigenvalue weighted by Crippen LogP contribution is 2.29. The van der Waals surface area contributed by atoms with Crippen molar-refractivity contribution in [3.63, 3.8) is 0 Å². The average molecular weight is 422 g/mol. The fourth-order valence-corrected chi connectivity index (χ4v) is 3.71. The third-order valence-corrected chi connectivity index (χ3v) is 5.61. The Kier molecular flexibility index (Phi) is 5.59. The number of aryl methyl sites for hydroxylation is 1. The highest BCUT2D eigenvalue weighted by Gasteiger charge is 2.26. The highest BCUT2D eigenvalue weighted by atomic mass is 35.5. The third kappa shape index (κ3) is 4.09. The van der Waals surface area contributed by atoms with Gasteiger partial charge in [-0.05, 0) is 24.6 Å². The van der Waals surface area contributed by atoms with Gasteiger partial charge in [-0.25, -0.2) is 14.8 Å². The Balaban J connectivity index is 1.59. The van der Waals surface area contributed by atoms with E-state index in [1.54, 1.807) is 11.0 Å². The number of amides is 2. The van der Waals surface area contributed by atoms with Crippen LogP contribution in [0.5, 0.6) is 0 Å². The molecule has 1 N–H and O–H groups in total. The van der Waals surface area contributed by atoms with Crippen molar-refractivity contribution in [1.82, 2.24) is 14.9 Å². The number of hydrogen-bond donors (Lipinski definition) is 1. The van der Waals surface area contributed by atoms with Crippen LogP contribution in [0.3, 0.4) is 0 Å². The number of aromatic nitrogens is 2. The highest BCUT2D eigenvalue weighted by molar-refractivity contribution is 6.31. The van der Waals surface area contributed by atoms with Crippen LogP contribution < -0.4 is 10.2 Å². The third-order valence-electron chi connectivity index (χ3n) is 5.20. The zero-order valence-corrected chi connectivity index (χ0v) is 18.1. The minimum atomic E-state index is -0.155. The van der Waals surface area contributed by atoms with Gasteiger partial charge in [0.25, 0.3) is 0 Å². The second kappa shape index (κ2) is 8.32. The largest absolute Gasteiger partial charge is 0.362 e. The maximum atomic E-state index is 12.9. The molecule has 0 aliphatic carbocycles. The Morgan fingerprint density at radius 2 is 1.90 bits per heavy atom. The summed E-state index contributed by atoms with van der Waals surface area (Å²) in [6.45, 7) is 2.99. The van der Waals surface area contributed by atoms with Gasteiger partial charge in [0.2, 0.25) is 0 Å². The molecule has 0 atom stereocenters. The number of nitrogens with one attached hydrogen (secondary N) is 1. The second-order valence-electron chi connectivity index (χ2n) is 7.62. The van der Waals surface area contributed by atoms with E-state index in [9.17, 15) is 4.79 Å². The number of fused-ring (bicyclic) bond motifs is 1. The molecule has 1 aliphatic heterocycles. The van der Waals surface area contributed by atoms with Crippen LogP contribution in [0, 0.1) is 6.92 Å². The van der Waals surface area contributed by atoms with E-state index in [1.165, 1.54) is 0 Å². The Bertz CT molecular complexity index is 1080. The van der Waals surface area contributed by atoms with Gasteiger partial charge >= 0.3 is 6.03 Å². The number of halogens is 1. The van der Waals surface area contributed by atoms with Crippen LogP contribution in [0.25, 0.3) is 11.4 Å². The van der Waals surface area contributed by atoms with E-state index >= 15 is 0 Å². The molecule has 2 amide bonds. The fraction of sp³-hybridized carbons (Fsp3) is 0.261. The van der Waals surface area contributed by atoms with Crippen LogP contribution in [-0.2, 0) is 13.0 Å². The number of benzene rings is 2. The van der Waals surface area contributed by atoms with Crippen LogP contribution >= 0.6 is 11.6 Å². The molecular weight excluding hydrogens is 398 g/mol. The van der Waals surface area contributed by atoms with Gasteiger partial charge in [0.15, 0.2) is 5.82 Å². The molecule has 154 valence electrons. The predicted octanol–water partition coefficient (Wildman–Crippen LogP) is 4.76. The van der Waals surface area contributed by atoms with Gasteiger partial charge in [0.1, 0.15) is 5.82 Å². The number of nitrogens with zero attached hydrogens (tertiary/aromatic N) is 4. The number of carbonyl (C=O) groups is 1. The van der Waals surface area contributed by atoms with Crippen molar-refractivity contribution in [3.05, 3.63) is 70.4 Å². The van der Waals surface area contributed by atoms with Crippen LogP contribution in [0.15, 0.2) is 48.5 Å². The number of rotatable bonds is 3. The Labute approximate surface area is 181 Å². The molecule has 0 unspecified atom stereocenters. The van der Waals surface area contributed by atoms with Crippen molar-refractivity contribution < 1.29 is 4.79 Å². The molecule has 0 bridgehead atoms. The molecule has 0 saturated heterocycles. The SMILES string of the molecule is Cc1ccc(NC(=O)N2CCc3nc(-c4ccccc4)nc(N(C)C)c3C2)cc1Cl. The first-order valence-electron chi connectivity index (χ1n) is 9.87. The monoisotopic (exact) mass is 421 g/mol. The van der Waals surface area contributed by atoms with E-state index in [0.717, 1.165) is 28.2 Å². The number of anilines is 2. The van der Waals surface area contributed by atoms with Crippen LogP contribution in [0.4, 0.5) is 16.3 Å². The zero-order chi connectivity index (χ0) is 21.3. The smallest absolute Gasteiger partial charge is 0.322 e. The van der Waals surface area contributed by atoms with E-state index in [2.05, 4.69) is 5.32 Å². The minimum absolute atomic E-state index is 0.155. The molecule has 0 fully saturated rings. The van der Waals surface area contributed by atoms with E-state index < -0.39 is 0 Å². The summed E-state index contributed by atoms with van der Waals surface area (Å²) >= 11 is 6.18. The van der Waals surface area contributed by atoms with Crippen LogP contribution in [0.2, 0.25) is 5.02 Å². The summed E-state index contributed by atoms with van der Waals surface area (Å²) in [7, 11) is 3.93. The average Bonchev–Trinajstić information content (AvgIpc) is 2.75. The van der Waals surface area contributed by atoms with Crippen molar-refractivity contribution in [2.24, 2.45) is 0 Å². The van der Waals surface area contributed by atoms with E-state index in [-0.39, 0.29) is 6.03 Å². The molecule has 0 spiro atoms. The fourth-order valence-electron chi connectivity index (χ4n) is 3.53. The first kappa shape index (κ1) is 20.2. The maximum Gasteiger partial charge on any atom is 0.322 e. The lowest BCUT2D eigenvalue weighted by Gasteiger charge is -2.31. The van der Waals surface area contributed by atoms with Gasteiger partial charge in [0.05, 0.1) is 12.2 Å². The van der Waals surface area contributed by atoms with Crippen molar-refractivity contribution in [2.45, 2.75) is 19.9 Å². The molecule has 2 aromatic carbocycles. The normalized spacial score (nSPS) is 13.0. The molecule has 2 heterocycles. The van der Waals surface area contributed by atoms with Gasteiger partial charge in [-0.1, -0.05) is 48.0 Å². The lowest BCUT2D eigenvalue weighted by Crippen LogP contribution is -2.40. The molecule has 6 nitrogen and oxygen atoms in total. The summed E-state index contributed by atoms with van der Waals surface area (Å²) < 4.78 is 0. The number of urea groups is 1. The van der Waals surface area contributed by atoms with E-state index in [4.69, 9.17) is 21.6 Å². The first-order valence-corrected chi connectivity index (χ1v) is 10.2. The number of carbonyl (C=O) groups excluding carboxylic acids is 1. The molecule has 30 heavy (non-hydrogen) atoms. The summed E-state index contributed by atoms with van der Waals surface area (Å²) in [5.41, 5.74) is 4.63. The van der Waals surface area contributed by atoms with Crippen molar-refractivity contribution in [1.29, 1.82) is 0 Å².